The Morgan fingerprint density at radius 2 is 1.00 bits per heavy atom. The van der Waals surface area contributed by atoms with Crippen molar-refractivity contribution in [1.82, 2.24) is 0 Å². The van der Waals surface area contributed by atoms with Gasteiger partial charge in [-0.15, -0.1) is 0 Å². The van der Waals surface area contributed by atoms with Gasteiger partial charge in [0.1, 0.15) is 0 Å². The molecule has 0 aromatic rings. The summed E-state index contributed by atoms with van der Waals surface area (Å²) < 4.78 is 31.6. The van der Waals surface area contributed by atoms with Gasteiger partial charge in [0.2, 0.25) is 0 Å². The number of rotatable bonds is 0. The van der Waals surface area contributed by atoms with E-state index in [9.17, 15) is 0 Å². The maximum absolute atomic E-state index is 8.74. The SMILES string of the molecule is O=S(=O)(O)O.[Ca+2].[Ca+2].[O-2]. The van der Waals surface area contributed by atoms with E-state index in [1.54, 1.807) is 0 Å². The Bertz CT molecular complexity index is 93.6. The van der Waals surface area contributed by atoms with Crippen LogP contribution < -0.4 is 0 Å². The molecule has 0 fully saturated rings. The van der Waals surface area contributed by atoms with Crippen LogP contribution in [0.4, 0.5) is 0 Å². The molecule has 5 nitrogen and oxygen atoms in total. The predicted molar refractivity (Wildman–Crippen MR) is 26.4 cm³/mol. The zero-order valence-corrected chi connectivity index (χ0v) is 9.17. The van der Waals surface area contributed by atoms with Crippen LogP contribution in [0.5, 0.6) is 0 Å². The van der Waals surface area contributed by atoms with Gasteiger partial charge in [0.15, 0.2) is 0 Å². The Morgan fingerprint density at radius 1 is 1.00 bits per heavy atom. The summed E-state index contributed by atoms with van der Waals surface area (Å²) in [5, 5.41) is 0. The third-order valence-corrected chi connectivity index (χ3v) is 0. The standard InChI is InChI=1S/2Ca.H2O4S.O/c;;1-5(2,3)4;/h;;(H2,1,2,3,4);/q2*+2;;-2. The molecule has 0 radical (unpaired) electrons. The third-order valence-electron chi connectivity index (χ3n) is 0. The van der Waals surface area contributed by atoms with Crippen LogP contribution in [0, 0.1) is 0 Å². The van der Waals surface area contributed by atoms with E-state index in [-0.39, 0.29) is 81.0 Å². The van der Waals surface area contributed by atoms with Gasteiger partial charge in [0, 0.05) is 0 Å². The molecule has 8 heteroatoms. The first-order valence-corrected chi connectivity index (χ1v) is 2.10. The Kier molecular flexibility index (Phi) is 26.2. The minimum Gasteiger partial charge on any atom is -2.00 e. The van der Waals surface area contributed by atoms with Crippen molar-refractivity contribution < 1.29 is 23.0 Å². The molecule has 0 unspecified atom stereocenters. The van der Waals surface area contributed by atoms with E-state index in [1.165, 1.54) is 0 Å². The molecule has 0 aromatic carbocycles. The first kappa shape index (κ1) is 22.4. The van der Waals surface area contributed by atoms with Crippen LogP contribution >= 0.6 is 0 Å². The molecule has 0 rings (SSSR count). The molecule has 0 atom stereocenters. The topological polar surface area (TPSA) is 103 Å². The molecule has 0 heterocycles. The molecule has 0 amide bonds. The van der Waals surface area contributed by atoms with Crippen LogP contribution in [-0.2, 0) is 15.9 Å². The van der Waals surface area contributed by atoms with Crippen molar-refractivity contribution >= 4 is 85.9 Å². The molecule has 0 aliphatic heterocycles. The molecule has 0 saturated heterocycles. The molecule has 0 saturated carbocycles. The first-order chi connectivity index (χ1) is 2.00. The third kappa shape index (κ3) is 81.7. The first-order valence-electron chi connectivity index (χ1n) is 0.698. The average Bonchev–Trinajstić information content (AvgIpc) is 0.722. The monoisotopic (exact) mass is 194 g/mol. The van der Waals surface area contributed by atoms with E-state index in [4.69, 9.17) is 17.5 Å². The van der Waals surface area contributed by atoms with Gasteiger partial charge in [-0.2, -0.15) is 8.42 Å². The van der Waals surface area contributed by atoms with Crippen molar-refractivity contribution in [2.45, 2.75) is 0 Å². The van der Waals surface area contributed by atoms with Crippen LogP contribution in [0.1, 0.15) is 0 Å². The maximum atomic E-state index is 8.74. The average molecular weight is 194 g/mol. The van der Waals surface area contributed by atoms with Crippen LogP contribution in [0.2, 0.25) is 0 Å². The van der Waals surface area contributed by atoms with Crippen molar-refractivity contribution in [3.05, 3.63) is 0 Å². The second kappa shape index (κ2) is 9.35. The molecular formula is H2Ca2O5S+2. The normalized spacial score (nSPS) is 7.25. The Labute approximate surface area is 107 Å². The summed E-state index contributed by atoms with van der Waals surface area (Å²) in [5.41, 5.74) is 0. The van der Waals surface area contributed by atoms with Crippen LogP contribution in [0.15, 0.2) is 0 Å². The molecule has 0 aliphatic carbocycles. The zero-order valence-electron chi connectivity index (χ0n) is 3.94. The van der Waals surface area contributed by atoms with Crippen LogP contribution in [-0.4, -0.2) is 93.0 Å². The summed E-state index contributed by atoms with van der Waals surface area (Å²) in [6.07, 6.45) is 0. The maximum Gasteiger partial charge on any atom is 2.00 e. The number of hydrogen-bond acceptors (Lipinski definition) is 2. The Balaban J connectivity index is -0.0000000267. The molecule has 2 N–H and O–H groups in total. The molecule has 0 aliphatic rings. The Hall–Kier alpha value is 2.35. The van der Waals surface area contributed by atoms with Gasteiger partial charge < -0.3 is 5.48 Å². The van der Waals surface area contributed by atoms with Gasteiger partial charge in [-0.1, -0.05) is 0 Å². The van der Waals surface area contributed by atoms with Crippen molar-refractivity contribution in [2.24, 2.45) is 0 Å². The van der Waals surface area contributed by atoms with Crippen LogP contribution in [0.3, 0.4) is 0 Å². The quantitative estimate of drug-likeness (QED) is 0.360. The van der Waals surface area contributed by atoms with E-state index in [0.717, 1.165) is 0 Å². The van der Waals surface area contributed by atoms with E-state index >= 15 is 0 Å². The molecule has 0 aromatic heterocycles. The molecule has 0 spiro atoms. The fraction of sp³-hybridized carbons (Fsp3) is 0. The van der Waals surface area contributed by atoms with E-state index in [0.29, 0.717) is 0 Å². The van der Waals surface area contributed by atoms with Gasteiger partial charge in [0.05, 0.1) is 0 Å². The predicted octanol–water partition coefficient (Wildman–Crippen LogP) is -1.53. The van der Waals surface area contributed by atoms with Gasteiger partial charge in [-0.05, 0) is 0 Å². The van der Waals surface area contributed by atoms with Crippen molar-refractivity contribution in [1.29, 1.82) is 0 Å². The van der Waals surface area contributed by atoms with Gasteiger partial charge in [-0.25, -0.2) is 0 Å². The van der Waals surface area contributed by atoms with E-state index in [2.05, 4.69) is 0 Å². The fourth-order valence-electron chi connectivity index (χ4n) is 0. The van der Waals surface area contributed by atoms with Crippen molar-refractivity contribution in [3.63, 3.8) is 0 Å². The summed E-state index contributed by atoms with van der Waals surface area (Å²) >= 11 is 0. The fourth-order valence-corrected chi connectivity index (χ4v) is 0. The Morgan fingerprint density at radius 3 is 1.00 bits per heavy atom. The summed E-state index contributed by atoms with van der Waals surface area (Å²) in [4.78, 5) is 0. The van der Waals surface area contributed by atoms with E-state index < -0.39 is 10.4 Å². The molecule has 8 heavy (non-hydrogen) atoms. The summed E-state index contributed by atoms with van der Waals surface area (Å²) in [6, 6.07) is 0. The minimum atomic E-state index is -4.67. The van der Waals surface area contributed by atoms with Crippen LogP contribution in [0.25, 0.3) is 0 Å². The zero-order chi connectivity index (χ0) is 4.50. The second-order valence-corrected chi connectivity index (χ2v) is 1.34. The second-order valence-electron chi connectivity index (χ2n) is 0.448. The smallest absolute Gasteiger partial charge is 2.00 e. The van der Waals surface area contributed by atoms with Gasteiger partial charge >= 0.3 is 85.9 Å². The molecule has 40 valence electrons. The van der Waals surface area contributed by atoms with Crippen molar-refractivity contribution in [3.8, 4) is 0 Å². The minimum absolute atomic E-state index is 0. The number of hydrogen-bond donors (Lipinski definition) is 2. The van der Waals surface area contributed by atoms with Gasteiger partial charge in [0.25, 0.3) is 0 Å². The molecule has 0 bridgehead atoms. The van der Waals surface area contributed by atoms with E-state index in [1.807, 2.05) is 0 Å². The van der Waals surface area contributed by atoms with Crippen molar-refractivity contribution in [2.75, 3.05) is 0 Å². The largest absolute Gasteiger partial charge is 2.00 e. The van der Waals surface area contributed by atoms with Gasteiger partial charge in [-0.3, -0.25) is 9.11 Å². The summed E-state index contributed by atoms with van der Waals surface area (Å²) in [7, 11) is -4.67. The molecular weight excluding hydrogens is 192 g/mol. The summed E-state index contributed by atoms with van der Waals surface area (Å²) in [5.74, 6) is 0. The summed E-state index contributed by atoms with van der Waals surface area (Å²) in [6.45, 7) is 0.